The zero-order valence-electron chi connectivity index (χ0n) is 11.5. The normalized spacial score (nSPS) is 10.4. The van der Waals surface area contributed by atoms with Crippen LogP contribution in [0, 0.1) is 5.82 Å². The fourth-order valence-electron chi connectivity index (χ4n) is 1.80. The van der Waals surface area contributed by atoms with Crippen molar-refractivity contribution in [2.24, 2.45) is 4.99 Å². The second-order valence-corrected chi connectivity index (χ2v) is 4.43. The largest absolute Gasteiger partial charge is 0.494 e. The summed E-state index contributed by atoms with van der Waals surface area (Å²) in [6.07, 6.45) is 3.75. The quantitative estimate of drug-likeness (QED) is 0.434. The van der Waals surface area contributed by atoms with Gasteiger partial charge in [-0.25, -0.2) is 4.39 Å². The number of benzene rings is 2. The van der Waals surface area contributed by atoms with Crippen LogP contribution in [0.5, 0.6) is 5.75 Å². The van der Waals surface area contributed by atoms with Gasteiger partial charge in [0, 0.05) is 0 Å². The summed E-state index contributed by atoms with van der Waals surface area (Å²) in [6.45, 7) is 2.59. The predicted molar refractivity (Wildman–Crippen MR) is 87.6 cm³/mol. The van der Waals surface area contributed by atoms with Crippen molar-refractivity contribution in [3.63, 3.8) is 0 Å². The first kappa shape index (κ1) is 15.1. The number of nitrogens with zero attached hydrogens (tertiary/aromatic N) is 1. The smallest absolute Gasteiger partial charge is 0.150 e. The van der Waals surface area contributed by atoms with E-state index < -0.39 is 5.82 Å². The minimum Gasteiger partial charge on any atom is -0.494 e. The van der Waals surface area contributed by atoms with Gasteiger partial charge in [0.1, 0.15) is 17.3 Å². The van der Waals surface area contributed by atoms with E-state index in [1.165, 1.54) is 6.07 Å². The molecule has 0 heterocycles. The van der Waals surface area contributed by atoms with Gasteiger partial charge < -0.3 is 4.74 Å². The number of thiocarbonyl (C=S) groups is 1. The lowest BCUT2D eigenvalue weighted by atomic mass is 10.1. The van der Waals surface area contributed by atoms with E-state index in [9.17, 15) is 4.39 Å². The molecule has 0 unspecified atom stereocenters. The molecule has 0 bridgehead atoms. The highest BCUT2D eigenvalue weighted by atomic mass is 32.1. The molecule has 0 fully saturated rings. The van der Waals surface area contributed by atoms with Crippen molar-refractivity contribution in [1.29, 1.82) is 0 Å². The van der Waals surface area contributed by atoms with E-state index in [-0.39, 0.29) is 5.69 Å². The molecule has 21 heavy (non-hydrogen) atoms. The molecule has 106 valence electrons. The molecule has 2 aromatic carbocycles. The van der Waals surface area contributed by atoms with Crippen molar-refractivity contribution >= 4 is 35.2 Å². The molecule has 0 radical (unpaired) electrons. The molecule has 2 aromatic rings. The summed E-state index contributed by atoms with van der Waals surface area (Å²) < 4.78 is 19.0. The summed E-state index contributed by atoms with van der Waals surface area (Å²) in [5.41, 5.74) is 1.97. The van der Waals surface area contributed by atoms with E-state index in [0.717, 1.165) is 16.9 Å². The van der Waals surface area contributed by atoms with E-state index in [1.54, 1.807) is 12.1 Å². The van der Waals surface area contributed by atoms with Gasteiger partial charge in [-0.05, 0) is 54.5 Å². The van der Waals surface area contributed by atoms with Gasteiger partial charge in [0.25, 0.3) is 0 Å². The molecule has 0 N–H and O–H groups in total. The minimum absolute atomic E-state index is 0.197. The third-order valence-corrected chi connectivity index (χ3v) is 2.89. The third kappa shape index (κ3) is 4.35. The summed E-state index contributed by atoms with van der Waals surface area (Å²) in [6, 6.07) is 12.5. The molecule has 0 aromatic heterocycles. The van der Waals surface area contributed by atoms with Crippen LogP contribution in [-0.2, 0) is 0 Å². The van der Waals surface area contributed by atoms with Gasteiger partial charge in [0.2, 0.25) is 0 Å². The van der Waals surface area contributed by atoms with Crippen molar-refractivity contribution in [3.8, 4) is 5.75 Å². The first-order chi connectivity index (χ1) is 10.2. The van der Waals surface area contributed by atoms with Crippen molar-refractivity contribution in [2.75, 3.05) is 6.61 Å². The highest BCUT2D eigenvalue weighted by Crippen LogP contribution is 2.20. The number of hydrogen-bond acceptors (Lipinski definition) is 3. The summed E-state index contributed by atoms with van der Waals surface area (Å²) in [4.78, 5) is 3.64. The monoisotopic (exact) mass is 299 g/mol. The highest BCUT2D eigenvalue weighted by Gasteiger charge is 2.00. The Hall–Kier alpha value is -2.29. The predicted octanol–water partition coefficient (Wildman–Crippen LogP) is 5.13. The molecule has 0 aliphatic carbocycles. The van der Waals surface area contributed by atoms with Crippen LogP contribution < -0.4 is 4.74 Å². The van der Waals surface area contributed by atoms with Crippen LogP contribution in [-0.4, -0.2) is 11.8 Å². The Morgan fingerprint density at radius 2 is 1.81 bits per heavy atom. The number of hydrogen-bond donors (Lipinski definition) is 0. The van der Waals surface area contributed by atoms with Crippen LogP contribution in [0.25, 0.3) is 12.2 Å². The molecular weight excluding hydrogens is 285 g/mol. The molecule has 0 aliphatic heterocycles. The van der Waals surface area contributed by atoms with Crippen LogP contribution >= 0.6 is 12.2 Å². The topological polar surface area (TPSA) is 21.6 Å². The van der Waals surface area contributed by atoms with Crippen LogP contribution in [0.3, 0.4) is 0 Å². The third-order valence-electron chi connectivity index (χ3n) is 2.80. The Kier molecular flexibility index (Phi) is 5.38. The number of ether oxygens (including phenoxy) is 1. The maximum atomic E-state index is 13.7. The van der Waals surface area contributed by atoms with E-state index in [1.807, 2.05) is 43.3 Å². The van der Waals surface area contributed by atoms with E-state index in [2.05, 4.69) is 22.4 Å². The van der Waals surface area contributed by atoms with Crippen molar-refractivity contribution in [3.05, 3.63) is 59.4 Å². The standard InChI is InChI=1S/C17H14FNOS/c1-2-20-15-8-5-13(6-9-15)3-4-14-7-10-17(19-12-21)16(18)11-14/h3-11H,2H2,1H3. The van der Waals surface area contributed by atoms with Crippen LogP contribution in [0.1, 0.15) is 18.1 Å². The molecule has 2 nitrogen and oxygen atoms in total. The molecule has 0 aliphatic rings. The van der Waals surface area contributed by atoms with E-state index in [4.69, 9.17) is 4.74 Å². The Morgan fingerprint density at radius 1 is 1.14 bits per heavy atom. The second kappa shape index (κ2) is 7.48. The fraction of sp³-hybridized carbons (Fsp3) is 0.118. The fourth-order valence-corrected chi connectivity index (χ4v) is 1.90. The van der Waals surface area contributed by atoms with Gasteiger partial charge in [0.05, 0.1) is 11.8 Å². The zero-order valence-corrected chi connectivity index (χ0v) is 12.4. The lowest BCUT2D eigenvalue weighted by molar-refractivity contribution is 0.340. The average molecular weight is 299 g/mol. The number of aliphatic imine (C=N–C) groups is 1. The first-order valence-corrected chi connectivity index (χ1v) is 6.92. The van der Waals surface area contributed by atoms with Crippen molar-refractivity contribution < 1.29 is 9.13 Å². The average Bonchev–Trinajstić information content (AvgIpc) is 2.49. The van der Waals surface area contributed by atoms with E-state index >= 15 is 0 Å². The van der Waals surface area contributed by atoms with Crippen molar-refractivity contribution in [2.45, 2.75) is 6.92 Å². The summed E-state index contributed by atoms with van der Waals surface area (Å²) in [7, 11) is 0. The summed E-state index contributed by atoms with van der Waals surface area (Å²) >= 11 is 4.46. The number of halogens is 1. The van der Waals surface area contributed by atoms with Gasteiger partial charge in [-0.1, -0.05) is 30.4 Å². The first-order valence-electron chi connectivity index (χ1n) is 6.51. The molecule has 0 saturated heterocycles. The molecule has 0 amide bonds. The lowest BCUT2D eigenvalue weighted by Crippen LogP contribution is -1.90. The van der Waals surface area contributed by atoms with Crippen molar-refractivity contribution in [1.82, 2.24) is 0 Å². The molecule has 0 saturated carbocycles. The highest BCUT2D eigenvalue weighted by molar-refractivity contribution is 7.78. The van der Waals surface area contributed by atoms with Gasteiger partial charge >= 0.3 is 0 Å². The van der Waals surface area contributed by atoms with Gasteiger partial charge in [0.15, 0.2) is 0 Å². The van der Waals surface area contributed by atoms with Gasteiger partial charge in [-0.2, -0.15) is 4.99 Å². The van der Waals surface area contributed by atoms with Gasteiger partial charge in [-0.3, -0.25) is 0 Å². The Morgan fingerprint density at radius 3 is 2.43 bits per heavy atom. The maximum Gasteiger partial charge on any atom is 0.150 e. The van der Waals surface area contributed by atoms with Crippen LogP contribution in [0.15, 0.2) is 47.5 Å². The van der Waals surface area contributed by atoms with Crippen LogP contribution in [0.2, 0.25) is 0 Å². The number of rotatable bonds is 5. The molecule has 4 heteroatoms. The Balaban J connectivity index is 2.13. The zero-order chi connectivity index (χ0) is 15.1. The summed E-state index contributed by atoms with van der Waals surface area (Å²) in [5, 5.41) is 2.16. The second-order valence-electron chi connectivity index (χ2n) is 4.25. The SMILES string of the molecule is CCOc1ccc(C=Cc2ccc(N=C=S)c(F)c2)cc1. The lowest BCUT2D eigenvalue weighted by Gasteiger charge is -2.02. The molecule has 2 rings (SSSR count). The molecule has 0 atom stereocenters. The number of isothiocyanates is 1. The molecule has 0 spiro atoms. The minimum atomic E-state index is -0.416. The summed E-state index contributed by atoms with van der Waals surface area (Å²) in [5.74, 6) is 0.421. The van der Waals surface area contributed by atoms with Crippen LogP contribution in [0.4, 0.5) is 10.1 Å². The Labute approximate surface area is 128 Å². The van der Waals surface area contributed by atoms with E-state index in [0.29, 0.717) is 6.61 Å². The maximum absolute atomic E-state index is 13.7. The molecular formula is C17H14FNOS. The van der Waals surface area contributed by atoms with Gasteiger partial charge in [-0.15, -0.1) is 0 Å². The Bertz CT molecular complexity index is 688.